The number of fused-ring (bicyclic) bond motifs is 1. The van der Waals surface area contributed by atoms with Gasteiger partial charge in [-0.1, -0.05) is 36.5 Å². The standard InChI is InChI=1S/C21H18FN3OS/c1-3-14-6-4-5-7-17(14)23-20(26)19-13(2)25-12-18(24-21(25)27-19)15-8-10-16(22)11-9-15/h4-12H,3H2,1-2H3,(H,23,26). The van der Waals surface area contributed by atoms with Crippen LogP contribution in [0.4, 0.5) is 10.1 Å². The highest BCUT2D eigenvalue weighted by atomic mass is 32.1. The molecule has 6 heteroatoms. The van der Waals surface area contributed by atoms with Gasteiger partial charge in [-0.25, -0.2) is 9.37 Å². The minimum absolute atomic E-state index is 0.132. The third-order valence-corrected chi connectivity index (χ3v) is 5.71. The molecule has 0 radical (unpaired) electrons. The Morgan fingerprint density at radius 1 is 1.19 bits per heavy atom. The summed E-state index contributed by atoms with van der Waals surface area (Å²) in [4.78, 5) is 18.7. The summed E-state index contributed by atoms with van der Waals surface area (Å²) in [7, 11) is 0. The van der Waals surface area contributed by atoms with Crippen LogP contribution in [-0.4, -0.2) is 15.3 Å². The maximum atomic E-state index is 13.1. The lowest BCUT2D eigenvalue weighted by Crippen LogP contribution is -2.13. The van der Waals surface area contributed by atoms with Crippen molar-refractivity contribution >= 4 is 27.9 Å². The van der Waals surface area contributed by atoms with Crippen LogP contribution >= 0.6 is 11.3 Å². The number of amides is 1. The number of nitrogens with zero attached hydrogens (tertiary/aromatic N) is 2. The summed E-state index contributed by atoms with van der Waals surface area (Å²) in [5, 5.41) is 3.01. The van der Waals surface area contributed by atoms with E-state index < -0.39 is 0 Å². The first-order chi connectivity index (χ1) is 13.1. The Morgan fingerprint density at radius 3 is 2.63 bits per heavy atom. The number of benzene rings is 2. The van der Waals surface area contributed by atoms with Crippen molar-refractivity contribution in [1.82, 2.24) is 9.38 Å². The number of thiazole rings is 1. The second kappa shape index (κ2) is 6.96. The summed E-state index contributed by atoms with van der Waals surface area (Å²) < 4.78 is 15.0. The fourth-order valence-corrected chi connectivity index (χ4v) is 4.05. The Morgan fingerprint density at radius 2 is 1.93 bits per heavy atom. The van der Waals surface area contributed by atoms with Gasteiger partial charge in [0.05, 0.1) is 5.69 Å². The van der Waals surface area contributed by atoms with E-state index in [0.29, 0.717) is 4.88 Å². The maximum Gasteiger partial charge on any atom is 0.267 e. The van der Waals surface area contributed by atoms with Crippen molar-refractivity contribution in [3.05, 3.63) is 76.7 Å². The van der Waals surface area contributed by atoms with Gasteiger partial charge in [0.25, 0.3) is 5.91 Å². The molecule has 0 aliphatic carbocycles. The lowest BCUT2D eigenvalue weighted by atomic mass is 10.1. The fourth-order valence-electron chi connectivity index (χ4n) is 3.05. The van der Waals surface area contributed by atoms with E-state index in [1.54, 1.807) is 12.1 Å². The highest BCUT2D eigenvalue weighted by Crippen LogP contribution is 2.28. The van der Waals surface area contributed by atoms with Gasteiger partial charge >= 0.3 is 0 Å². The number of anilines is 1. The van der Waals surface area contributed by atoms with Crippen molar-refractivity contribution in [2.24, 2.45) is 0 Å². The van der Waals surface area contributed by atoms with E-state index in [1.807, 2.05) is 41.8 Å². The number of hydrogen-bond donors (Lipinski definition) is 1. The molecule has 1 amide bonds. The van der Waals surface area contributed by atoms with Crippen LogP contribution in [0.5, 0.6) is 0 Å². The zero-order valence-electron chi connectivity index (χ0n) is 15.0. The van der Waals surface area contributed by atoms with Crippen molar-refractivity contribution in [1.29, 1.82) is 0 Å². The van der Waals surface area contributed by atoms with Gasteiger partial charge in [-0.15, -0.1) is 0 Å². The summed E-state index contributed by atoms with van der Waals surface area (Å²) in [6.07, 6.45) is 2.73. The van der Waals surface area contributed by atoms with Gasteiger partial charge in [-0.2, -0.15) is 0 Å². The molecular formula is C21H18FN3OS. The van der Waals surface area contributed by atoms with Crippen LogP contribution in [0, 0.1) is 12.7 Å². The monoisotopic (exact) mass is 379 g/mol. The molecule has 27 heavy (non-hydrogen) atoms. The Balaban J connectivity index is 1.65. The van der Waals surface area contributed by atoms with Gasteiger partial charge in [0.15, 0.2) is 4.96 Å². The van der Waals surface area contributed by atoms with Crippen molar-refractivity contribution in [2.45, 2.75) is 20.3 Å². The second-order valence-electron chi connectivity index (χ2n) is 6.27. The smallest absolute Gasteiger partial charge is 0.267 e. The van der Waals surface area contributed by atoms with E-state index in [-0.39, 0.29) is 11.7 Å². The van der Waals surface area contributed by atoms with Crippen molar-refractivity contribution < 1.29 is 9.18 Å². The Bertz CT molecular complexity index is 1130. The zero-order chi connectivity index (χ0) is 19.0. The van der Waals surface area contributed by atoms with Crippen LogP contribution < -0.4 is 5.32 Å². The normalized spacial score (nSPS) is 11.1. The summed E-state index contributed by atoms with van der Waals surface area (Å²) >= 11 is 1.35. The molecule has 4 nitrogen and oxygen atoms in total. The van der Waals surface area contributed by atoms with Gasteiger partial charge < -0.3 is 5.32 Å². The van der Waals surface area contributed by atoms with E-state index in [2.05, 4.69) is 17.2 Å². The van der Waals surface area contributed by atoms with Crippen molar-refractivity contribution in [2.75, 3.05) is 5.32 Å². The number of aromatic nitrogens is 2. The molecule has 0 atom stereocenters. The van der Waals surface area contributed by atoms with Gasteiger partial charge in [0.1, 0.15) is 10.7 Å². The molecule has 0 fully saturated rings. The lowest BCUT2D eigenvalue weighted by molar-refractivity contribution is 0.102. The topological polar surface area (TPSA) is 46.4 Å². The van der Waals surface area contributed by atoms with Crippen LogP contribution in [0.25, 0.3) is 16.2 Å². The second-order valence-corrected chi connectivity index (χ2v) is 7.24. The van der Waals surface area contributed by atoms with Crippen LogP contribution in [-0.2, 0) is 6.42 Å². The minimum atomic E-state index is -0.276. The third-order valence-electron chi connectivity index (χ3n) is 4.55. The molecule has 0 aliphatic heterocycles. The van der Waals surface area contributed by atoms with E-state index in [1.165, 1.54) is 23.5 Å². The third kappa shape index (κ3) is 3.24. The van der Waals surface area contributed by atoms with Gasteiger partial charge in [-0.05, 0) is 49.2 Å². The number of halogens is 1. The van der Waals surface area contributed by atoms with Crippen LogP contribution in [0.15, 0.2) is 54.7 Å². The van der Waals surface area contributed by atoms with Crippen LogP contribution in [0.2, 0.25) is 0 Å². The predicted octanol–water partition coefficient (Wildman–Crippen LogP) is 5.33. The highest BCUT2D eigenvalue weighted by Gasteiger charge is 2.19. The van der Waals surface area contributed by atoms with E-state index >= 15 is 0 Å². The average Bonchev–Trinajstić information content (AvgIpc) is 3.22. The van der Waals surface area contributed by atoms with Crippen molar-refractivity contribution in [3.63, 3.8) is 0 Å². The molecule has 0 unspecified atom stereocenters. The minimum Gasteiger partial charge on any atom is -0.321 e. The van der Waals surface area contributed by atoms with Crippen LogP contribution in [0.1, 0.15) is 27.9 Å². The number of aryl methyl sites for hydroxylation is 2. The molecule has 4 aromatic rings. The Labute approximate surface area is 160 Å². The molecule has 0 saturated heterocycles. The molecule has 2 aromatic carbocycles. The lowest BCUT2D eigenvalue weighted by Gasteiger charge is -2.09. The van der Waals surface area contributed by atoms with E-state index in [4.69, 9.17) is 0 Å². The van der Waals surface area contributed by atoms with Gasteiger partial charge in [0, 0.05) is 23.1 Å². The first kappa shape index (κ1) is 17.4. The van der Waals surface area contributed by atoms with E-state index in [0.717, 1.165) is 39.6 Å². The highest BCUT2D eigenvalue weighted by molar-refractivity contribution is 7.19. The summed E-state index contributed by atoms with van der Waals surface area (Å²) in [5.74, 6) is -0.408. The number of carbonyl (C=O) groups is 1. The zero-order valence-corrected chi connectivity index (χ0v) is 15.8. The van der Waals surface area contributed by atoms with Gasteiger partial charge in [-0.3, -0.25) is 9.20 Å². The number of nitrogens with one attached hydrogen (secondary N) is 1. The maximum absolute atomic E-state index is 13.1. The quantitative estimate of drug-likeness (QED) is 0.521. The SMILES string of the molecule is CCc1ccccc1NC(=O)c1sc2nc(-c3ccc(F)cc3)cn2c1C. The number of imidazole rings is 1. The molecule has 0 saturated carbocycles. The predicted molar refractivity (Wildman–Crippen MR) is 107 cm³/mol. The first-order valence-corrected chi connectivity index (χ1v) is 9.52. The molecule has 136 valence electrons. The largest absolute Gasteiger partial charge is 0.321 e. The van der Waals surface area contributed by atoms with Crippen LogP contribution in [0.3, 0.4) is 0 Å². The Kier molecular flexibility index (Phi) is 4.49. The molecule has 0 aliphatic rings. The number of rotatable bonds is 4. The number of carbonyl (C=O) groups excluding carboxylic acids is 1. The molecule has 2 aromatic heterocycles. The summed E-state index contributed by atoms with van der Waals surface area (Å²) in [5.41, 5.74) is 4.37. The van der Waals surface area contributed by atoms with Crippen molar-refractivity contribution in [3.8, 4) is 11.3 Å². The first-order valence-electron chi connectivity index (χ1n) is 8.70. The molecule has 1 N–H and O–H groups in total. The molecular weight excluding hydrogens is 361 g/mol. The average molecular weight is 379 g/mol. The molecule has 0 spiro atoms. The summed E-state index contributed by atoms with van der Waals surface area (Å²) in [6, 6.07) is 14.0. The number of para-hydroxylation sites is 1. The number of hydrogen-bond acceptors (Lipinski definition) is 3. The molecule has 4 rings (SSSR count). The van der Waals surface area contributed by atoms with E-state index in [9.17, 15) is 9.18 Å². The molecule has 2 heterocycles. The molecule has 0 bridgehead atoms. The fraction of sp³-hybridized carbons (Fsp3) is 0.143. The summed E-state index contributed by atoms with van der Waals surface area (Å²) in [6.45, 7) is 3.96. The van der Waals surface area contributed by atoms with Gasteiger partial charge in [0.2, 0.25) is 0 Å². The Hall–Kier alpha value is -2.99.